The maximum Gasteiger partial charge on any atom is 0.0270 e. The Kier molecular flexibility index (Phi) is 41.6. The highest BCUT2D eigenvalue weighted by Gasteiger charge is 1.81. The molecule has 0 amide bonds. The second kappa shape index (κ2) is 33.0. The summed E-state index contributed by atoms with van der Waals surface area (Å²) in [4.78, 5) is 7.79. The maximum absolute atomic E-state index is 3.89. The third-order valence-electron chi connectivity index (χ3n) is 2.32. The molecule has 0 atom stereocenters. The molecule has 0 spiro atoms. The molecule has 2 rings (SSSR count). The van der Waals surface area contributed by atoms with E-state index in [-0.39, 0.29) is 0 Å². The van der Waals surface area contributed by atoms with E-state index in [1.807, 2.05) is 104 Å². The highest BCUT2D eigenvalue weighted by atomic mass is 14.6. The summed E-state index contributed by atoms with van der Waals surface area (Å²) in [6.07, 6.45) is 9.47. The molecule has 2 heterocycles. The van der Waals surface area contributed by atoms with Gasteiger partial charge in [0, 0.05) is 24.8 Å². The van der Waals surface area contributed by atoms with E-state index in [1.165, 1.54) is 11.1 Å². The zero-order valence-electron chi connectivity index (χ0n) is 17.9. The van der Waals surface area contributed by atoms with Crippen LogP contribution in [0.2, 0.25) is 0 Å². The predicted molar refractivity (Wildman–Crippen MR) is 113 cm³/mol. The van der Waals surface area contributed by atoms with Gasteiger partial charge in [0.05, 0.1) is 0 Å². The predicted octanol–water partition coefficient (Wildman–Crippen LogP) is 7.39. The molecule has 2 aromatic rings. The van der Waals surface area contributed by atoms with Crippen LogP contribution in [0.1, 0.15) is 80.4 Å². The van der Waals surface area contributed by atoms with Crippen molar-refractivity contribution in [2.24, 2.45) is 0 Å². The van der Waals surface area contributed by atoms with E-state index < -0.39 is 0 Å². The Morgan fingerprint density at radius 3 is 0.833 bits per heavy atom. The molecule has 0 aliphatic heterocycles. The van der Waals surface area contributed by atoms with Gasteiger partial charge in [-0.2, -0.15) is 0 Å². The molecule has 0 aliphatic rings. The van der Waals surface area contributed by atoms with Crippen LogP contribution in [-0.2, 0) is 12.8 Å². The lowest BCUT2D eigenvalue weighted by Crippen LogP contribution is -1.76. The summed E-state index contributed by atoms with van der Waals surface area (Å²) in [6.45, 7) is 20.3. The van der Waals surface area contributed by atoms with Crippen LogP contribution >= 0.6 is 0 Å². The minimum Gasteiger partial charge on any atom is -0.265 e. The van der Waals surface area contributed by atoms with Crippen molar-refractivity contribution in [3.63, 3.8) is 0 Å². The molecular weight excluding hydrogens is 292 g/mol. The van der Waals surface area contributed by atoms with Gasteiger partial charge >= 0.3 is 0 Å². The number of hydrogen-bond acceptors (Lipinski definition) is 2. The first kappa shape index (κ1) is 30.2. The smallest absolute Gasteiger partial charge is 0.0270 e. The molecule has 0 N–H and O–H groups in total. The molecule has 0 bridgehead atoms. The van der Waals surface area contributed by atoms with Gasteiger partial charge in [-0.15, -0.1) is 0 Å². The fourth-order valence-corrected chi connectivity index (χ4v) is 1.24. The molecule has 140 valence electrons. The number of nitrogens with zero attached hydrogens (tertiary/aromatic N) is 2. The van der Waals surface area contributed by atoms with Crippen molar-refractivity contribution in [1.29, 1.82) is 0 Å². The number of rotatable bonds is 2. The van der Waals surface area contributed by atoms with E-state index in [2.05, 4.69) is 23.8 Å². The molecule has 0 saturated heterocycles. The SMILES string of the molecule is CC.CC.CC.CC.CCc1ccncc1.CCc1ccncc1. The summed E-state index contributed by atoms with van der Waals surface area (Å²) in [7, 11) is 0. The molecule has 2 aromatic heterocycles. The normalized spacial score (nSPS) is 7.08. The standard InChI is InChI=1S/2C7H9N.4C2H6/c2*1-2-7-3-5-8-6-4-7;4*1-2/h2*3-6H,2H2,1H3;4*1-2H3. The van der Waals surface area contributed by atoms with Crippen molar-refractivity contribution in [3.8, 4) is 0 Å². The van der Waals surface area contributed by atoms with Crippen molar-refractivity contribution >= 4 is 0 Å². The molecule has 0 radical (unpaired) electrons. The van der Waals surface area contributed by atoms with Gasteiger partial charge in [0.2, 0.25) is 0 Å². The number of pyridine rings is 2. The number of hydrogen-bond donors (Lipinski definition) is 0. The van der Waals surface area contributed by atoms with Crippen molar-refractivity contribution in [2.75, 3.05) is 0 Å². The summed E-state index contributed by atoms with van der Waals surface area (Å²) in [5.74, 6) is 0. The average Bonchev–Trinajstić information content (AvgIpc) is 2.75. The Labute approximate surface area is 152 Å². The van der Waals surface area contributed by atoms with Gasteiger partial charge < -0.3 is 0 Å². The van der Waals surface area contributed by atoms with Gasteiger partial charge in [0.1, 0.15) is 0 Å². The van der Waals surface area contributed by atoms with Crippen LogP contribution in [0.4, 0.5) is 0 Å². The van der Waals surface area contributed by atoms with E-state index in [9.17, 15) is 0 Å². The third kappa shape index (κ3) is 22.6. The van der Waals surface area contributed by atoms with Gasteiger partial charge in [-0.25, -0.2) is 0 Å². The number of aryl methyl sites for hydroxylation is 2. The van der Waals surface area contributed by atoms with Crippen LogP contribution in [0, 0.1) is 0 Å². The molecule has 0 unspecified atom stereocenters. The van der Waals surface area contributed by atoms with Crippen LogP contribution in [0.3, 0.4) is 0 Å². The lowest BCUT2D eigenvalue weighted by Gasteiger charge is -1.89. The van der Waals surface area contributed by atoms with Gasteiger partial charge in [-0.1, -0.05) is 69.2 Å². The van der Waals surface area contributed by atoms with Crippen molar-refractivity contribution in [1.82, 2.24) is 9.97 Å². The Bertz CT molecular complexity index is 332. The van der Waals surface area contributed by atoms with E-state index >= 15 is 0 Å². The monoisotopic (exact) mass is 334 g/mol. The largest absolute Gasteiger partial charge is 0.265 e. The second-order valence-electron chi connectivity index (χ2n) is 3.42. The lowest BCUT2D eigenvalue weighted by molar-refractivity contribution is 1.12. The van der Waals surface area contributed by atoms with Crippen molar-refractivity contribution < 1.29 is 0 Å². The molecule has 2 heteroatoms. The first-order chi connectivity index (χ1) is 11.9. The summed E-state index contributed by atoms with van der Waals surface area (Å²) in [5.41, 5.74) is 2.69. The first-order valence-corrected chi connectivity index (χ1v) is 9.64. The fraction of sp³-hybridized carbons (Fsp3) is 0.545. The lowest BCUT2D eigenvalue weighted by atomic mass is 10.2. The Morgan fingerprint density at radius 2 is 0.708 bits per heavy atom. The van der Waals surface area contributed by atoms with Crippen LogP contribution < -0.4 is 0 Å². The van der Waals surface area contributed by atoms with Crippen LogP contribution in [-0.4, -0.2) is 9.97 Å². The topological polar surface area (TPSA) is 25.8 Å². The number of aromatic nitrogens is 2. The van der Waals surface area contributed by atoms with Crippen molar-refractivity contribution in [2.45, 2.75) is 82.1 Å². The summed E-state index contributed by atoms with van der Waals surface area (Å²) in [6, 6.07) is 8.11. The van der Waals surface area contributed by atoms with E-state index in [4.69, 9.17) is 0 Å². The molecule has 0 aliphatic carbocycles. The Morgan fingerprint density at radius 1 is 0.500 bits per heavy atom. The van der Waals surface area contributed by atoms with Gasteiger partial charge in [0.15, 0.2) is 0 Å². The zero-order chi connectivity index (χ0) is 19.6. The van der Waals surface area contributed by atoms with Gasteiger partial charge in [-0.05, 0) is 48.2 Å². The van der Waals surface area contributed by atoms with Crippen LogP contribution in [0.15, 0.2) is 49.1 Å². The van der Waals surface area contributed by atoms with Crippen molar-refractivity contribution in [3.05, 3.63) is 60.2 Å². The molecule has 0 aromatic carbocycles. The van der Waals surface area contributed by atoms with Crippen LogP contribution in [0.25, 0.3) is 0 Å². The highest BCUT2D eigenvalue weighted by Crippen LogP contribution is 1.95. The first-order valence-electron chi connectivity index (χ1n) is 9.64. The van der Waals surface area contributed by atoms with E-state index in [0.29, 0.717) is 0 Å². The average molecular weight is 335 g/mol. The van der Waals surface area contributed by atoms with E-state index in [1.54, 1.807) is 0 Å². The molecular formula is C22H42N2. The molecule has 2 nitrogen and oxygen atoms in total. The minimum atomic E-state index is 1.10. The van der Waals surface area contributed by atoms with Gasteiger partial charge in [0.25, 0.3) is 0 Å². The van der Waals surface area contributed by atoms with Gasteiger partial charge in [-0.3, -0.25) is 9.97 Å². The summed E-state index contributed by atoms with van der Waals surface area (Å²) < 4.78 is 0. The quantitative estimate of drug-likeness (QED) is 0.572. The highest BCUT2D eigenvalue weighted by molar-refractivity contribution is 5.09. The molecule has 0 saturated carbocycles. The third-order valence-corrected chi connectivity index (χ3v) is 2.32. The maximum atomic E-state index is 3.89. The van der Waals surface area contributed by atoms with E-state index in [0.717, 1.165) is 12.8 Å². The minimum absolute atomic E-state index is 1.10. The zero-order valence-corrected chi connectivity index (χ0v) is 17.9. The Hall–Kier alpha value is -1.70. The molecule has 0 fully saturated rings. The summed E-state index contributed by atoms with van der Waals surface area (Å²) in [5, 5.41) is 0. The fourth-order valence-electron chi connectivity index (χ4n) is 1.24. The second-order valence-corrected chi connectivity index (χ2v) is 3.42. The van der Waals surface area contributed by atoms with Crippen LogP contribution in [0.5, 0.6) is 0 Å². The summed E-state index contributed by atoms with van der Waals surface area (Å²) >= 11 is 0. The Balaban J connectivity index is -0.000000118. The molecule has 24 heavy (non-hydrogen) atoms.